The highest BCUT2D eigenvalue weighted by Gasteiger charge is 2.27. The van der Waals surface area contributed by atoms with Crippen LogP contribution in [0, 0.1) is 6.92 Å². The van der Waals surface area contributed by atoms with Crippen molar-refractivity contribution in [2.75, 3.05) is 0 Å². The average molecular weight is 222 g/mol. The fraction of sp³-hybridized carbons (Fsp3) is 0.188. The zero-order chi connectivity index (χ0) is 12.0. The summed E-state index contributed by atoms with van der Waals surface area (Å²) >= 11 is 0. The molecule has 1 nitrogen and oxygen atoms in total. The van der Waals surface area contributed by atoms with Crippen LogP contribution in [0.2, 0.25) is 0 Å². The first kappa shape index (κ1) is 10.3. The third-order valence-corrected chi connectivity index (χ3v) is 3.49. The van der Waals surface area contributed by atoms with Gasteiger partial charge in [-0.25, -0.2) is 0 Å². The van der Waals surface area contributed by atoms with Gasteiger partial charge in [0.1, 0.15) is 0 Å². The summed E-state index contributed by atoms with van der Waals surface area (Å²) in [7, 11) is 0. The Balaban J connectivity index is 2.36. The van der Waals surface area contributed by atoms with Crippen molar-refractivity contribution in [2.24, 2.45) is 0 Å². The molecule has 0 aromatic heterocycles. The minimum atomic E-state index is 0.177. The van der Waals surface area contributed by atoms with Gasteiger partial charge < -0.3 is 0 Å². The Kier molecular flexibility index (Phi) is 2.15. The number of hydrogen-bond donors (Lipinski definition) is 0. The summed E-state index contributed by atoms with van der Waals surface area (Å²) in [5.41, 5.74) is 6.34. The summed E-state index contributed by atoms with van der Waals surface area (Å²) in [5, 5.41) is 0. The molecule has 0 bridgehead atoms. The molecule has 1 heteroatoms. The number of carbonyl (C=O) groups is 1. The van der Waals surface area contributed by atoms with Gasteiger partial charge in [0.25, 0.3) is 0 Å². The molecule has 0 radical (unpaired) electrons. The molecule has 0 spiro atoms. The minimum Gasteiger partial charge on any atom is -0.289 e. The van der Waals surface area contributed by atoms with Crippen molar-refractivity contribution in [2.45, 2.75) is 20.3 Å². The lowest BCUT2D eigenvalue weighted by Gasteiger charge is -2.06. The number of aryl methyl sites for hydroxylation is 2. The van der Waals surface area contributed by atoms with Gasteiger partial charge >= 0.3 is 0 Å². The molecular formula is C16H14O. The predicted octanol–water partition coefficient (Wildman–Crippen LogP) is 3.77. The Hall–Kier alpha value is -1.89. The van der Waals surface area contributed by atoms with Crippen molar-refractivity contribution in [3.05, 3.63) is 58.7 Å². The van der Waals surface area contributed by atoms with E-state index < -0.39 is 0 Å². The van der Waals surface area contributed by atoms with Gasteiger partial charge in [-0.2, -0.15) is 0 Å². The van der Waals surface area contributed by atoms with Crippen LogP contribution in [0.4, 0.5) is 0 Å². The third-order valence-electron chi connectivity index (χ3n) is 3.49. The van der Waals surface area contributed by atoms with Crippen LogP contribution >= 0.6 is 0 Å². The molecule has 0 atom stereocenters. The number of ketones is 1. The quantitative estimate of drug-likeness (QED) is 0.612. The SMILES string of the molecule is CCc1cc(C)c2c(c1)-c1ccccc1C2=O. The van der Waals surface area contributed by atoms with E-state index in [1.165, 1.54) is 5.56 Å². The topological polar surface area (TPSA) is 17.1 Å². The van der Waals surface area contributed by atoms with Crippen molar-refractivity contribution in [1.82, 2.24) is 0 Å². The third kappa shape index (κ3) is 1.35. The van der Waals surface area contributed by atoms with Crippen molar-refractivity contribution >= 4 is 5.78 Å². The van der Waals surface area contributed by atoms with E-state index in [1.54, 1.807) is 0 Å². The van der Waals surface area contributed by atoms with E-state index in [-0.39, 0.29) is 5.78 Å². The molecule has 0 saturated heterocycles. The van der Waals surface area contributed by atoms with Crippen molar-refractivity contribution < 1.29 is 4.79 Å². The highest BCUT2D eigenvalue weighted by Crippen LogP contribution is 2.38. The second-order valence-corrected chi connectivity index (χ2v) is 4.56. The Morgan fingerprint density at radius 2 is 1.71 bits per heavy atom. The van der Waals surface area contributed by atoms with Gasteiger partial charge in [0.05, 0.1) is 0 Å². The van der Waals surface area contributed by atoms with Crippen LogP contribution in [0.3, 0.4) is 0 Å². The Bertz CT molecular complexity index is 623. The highest BCUT2D eigenvalue weighted by molar-refractivity contribution is 6.22. The molecule has 0 N–H and O–H groups in total. The second-order valence-electron chi connectivity index (χ2n) is 4.56. The van der Waals surface area contributed by atoms with Gasteiger partial charge in [-0.3, -0.25) is 4.79 Å². The summed E-state index contributed by atoms with van der Waals surface area (Å²) in [6.07, 6.45) is 1.00. The van der Waals surface area contributed by atoms with Crippen LogP contribution in [-0.4, -0.2) is 5.78 Å². The van der Waals surface area contributed by atoms with Crippen LogP contribution in [0.25, 0.3) is 11.1 Å². The fourth-order valence-corrected chi connectivity index (χ4v) is 2.63. The number of benzene rings is 2. The molecule has 2 aromatic carbocycles. The maximum Gasteiger partial charge on any atom is 0.194 e. The molecule has 3 rings (SSSR count). The average Bonchev–Trinajstić information content (AvgIpc) is 2.64. The molecule has 1 aliphatic rings. The smallest absolute Gasteiger partial charge is 0.194 e. The molecule has 0 aliphatic heterocycles. The monoisotopic (exact) mass is 222 g/mol. The molecule has 0 unspecified atom stereocenters. The highest BCUT2D eigenvalue weighted by atomic mass is 16.1. The van der Waals surface area contributed by atoms with E-state index in [4.69, 9.17) is 0 Å². The van der Waals surface area contributed by atoms with E-state index in [0.717, 1.165) is 34.2 Å². The van der Waals surface area contributed by atoms with Crippen LogP contribution in [-0.2, 0) is 6.42 Å². The normalized spacial score (nSPS) is 12.5. The van der Waals surface area contributed by atoms with Gasteiger partial charge in [-0.15, -0.1) is 0 Å². The molecule has 0 heterocycles. The summed E-state index contributed by atoms with van der Waals surface area (Å²) < 4.78 is 0. The van der Waals surface area contributed by atoms with Crippen LogP contribution in [0.1, 0.15) is 34.0 Å². The standard InChI is InChI=1S/C16H14O/c1-3-11-8-10(2)15-14(9-11)12-6-4-5-7-13(12)16(15)17/h4-9H,3H2,1-2H3. The molecule has 17 heavy (non-hydrogen) atoms. The number of fused-ring (bicyclic) bond motifs is 3. The first-order valence-corrected chi connectivity index (χ1v) is 6.00. The van der Waals surface area contributed by atoms with E-state index in [1.807, 2.05) is 31.2 Å². The first-order valence-electron chi connectivity index (χ1n) is 6.00. The maximum absolute atomic E-state index is 12.3. The molecule has 1 aliphatic carbocycles. The number of rotatable bonds is 1. The van der Waals surface area contributed by atoms with Crippen LogP contribution in [0.5, 0.6) is 0 Å². The number of carbonyl (C=O) groups excluding carboxylic acids is 1. The van der Waals surface area contributed by atoms with Crippen molar-refractivity contribution in [3.63, 3.8) is 0 Å². The van der Waals surface area contributed by atoms with Crippen LogP contribution < -0.4 is 0 Å². The van der Waals surface area contributed by atoms with Gasteiger partial charge in [0.2, 0.25) is 0 Å². The summed E-state index contributed by atoms with van der Waals surface area (Å²) in [4.78, 5) is 12.3. The van der Waals surface area contributed by atoms with E-state index >= 15 is 0 Å². The summed E-state index contributed by atoms with van der Waals surface area (Å²) in [6, 6.07) is 12.2. The summed E-state index contributed by atoms with van der Waals surface area (Å²) in [5.74, 6) is 0.177. The van der Waals surface area contributed by atoms with Gasteiger partial charge in [-0.05, 0) is 35.6 Å². The van der Waals surface area contributed by atoms with Crippen molar-refractivity contribution in [1.29, 1.82) is 0 Å². The summed E-state index contributed by atoms with van der Waals surface area (Å²) in [6.45, 7) is 4.17. The fourth-order valence-electron chi connectivity index (χ4n) is 2.63. The Morgan fingerprint density at radius 1 is 1.00 bits per heavy atom. The lowest BCUT2D eigenvalue weighted by Crippen LogP contribution is -1.98. The molecule has 0 amide bonds. The maximum atomic E-state index is 12.3. The van der Waals surface area contributed by atoms with Gasteiger partial charge in [0, 0.05) is 11.1 Å². The Labute approximate surface area is 101 Å². The molecular weight excluding hydrogens is 208 g/mol. The van der Waals surface area contributed by atoms with Gasteiger partial charge in [-0.1, -0.05) is 43.3 Å². The first-order chi connectivity index (χ1) is 8.22. The minimum absolute atomic E-state index is 0.177. The zero-order valence-corrected chi connectivity index (χ0v) is 10.1. The lowest BCUT2D eigenvalue weighted by atomic mass is 9.97. The molecule has 0 fully saturated rings. The zero-order valence-electron chi connectivity index (χ0n) is 10.1. The molecule has 0 saturated carbocycles. The predicted molar refractivity (Wildman–Crippen MR) is 69.4 cm³/mol. The number of hydrogen-bond acceptors (Lipinski definition) is 1. The lowest BCUT2D eigenvalue weighted by molar-refractivity contribution is 0.104. The largest absolute Gasteiger partial charge is 0.289 e. The Morgan fingerprint density at radius 3 is 2.41 bits per heavy atom. The van der Waals surface area contributed by atoms with E-state index in [0.29, 0.717) is 0 Å². The van der Waals surface area contributed by atoms with Gasteiger partial charge in [0.15, 0.2) is 5.78 Å². The van der Waals surface area contributed by atoms with E-state index in [2.05, 4.69) is 19.1 Å². The molecule has 2 aromatic rings. The van der Waals surface area contributed by atoms with Crippen LogP contribution in [0.15, 0.2) is 36.4 Å². The molecule has 84 valence electrons. The second kappa shape index (κ2) is 3.56. The van der Waals surface area contributed by atoms with Crippen molar-refractivity contribution in [3.8, 4) is 11.1 Å². The van der Waals surface area contributed by atoms with E-state index in [9.17, 15) is 4.79 Å².